The van der Waals surface area contributed by atoms with Crippen molar-refractivity contribution in [2.75, 3.05) is 18.8 Å². The van der Waals surface area contributed by atoms with Gasteiger partial charge in [0.25, 0.3) is 0 Å². The number of hydrogen-bond donors (Lipinski definition) is 1. The van der Waals surface area contributed by atoms with E-state index in [1.807, 2.05) is 29.2 Å². The van der Waals surface area contributed by atoms with Gasteiger partial charge in [0.1, 0.15) is 0 Å². The Morgan fingerprint density at radius 3 is 2.25 bits per heavy atom. The molecule has 110 valence electrons. The molecule has 20 heavy (non-hydrogen) atoms. The van der Waals surface area contributed by atoms with Crippen molar-refractivity contribution in [2.45, 2.75) is 43.6 Å². The molecule has 1 aliphatic rings. The molecular weight excluding hydrogens is 270 g/mol. The SMILES string of the molecule is O=C(CSc1ccc(CO)cc1)N1CCCCCCC1. The Kier molecular flexibility index (Phi) is 6.40. The lowest BCUT2D eigenvalue weighted by Gasteiger charge is -2.24. The topological polar surface area (TPSA) is 40.5 Å². The second kappa shape index (κ2) is 8.32. The minimum atomic E-state index is 0.0671. The minimum Gasteiger partial charge on any atom is -0.392 e. The van der Waals surface area contributed by atoms with Crippen LogP contribution in [0.3, 0.4) is 0 Å². The van der Waals surface area contributed by atoms with E-state index in [9.17, 15) is 4.79 Å². The molecule has 1 aromatic carbocycles. The molecule has 0 aliphatic carbocycles. The Hall–Kier alpha value is -1.00. The molecule has 4 heteroatoms. The number of aliphatic hydroxyl groups excluding tert-OH is 1. The smallest absolute Gasteiger partial charge is 0.232 e. The molecule has 3 nitrogen and oxygen atoms in total. The van der Waals surface area contributed by atoms with Crippen molar-refractivity contribution in [1.29, 1.82) is 0 Å². The lowest BCUT2D eigenvalue weighted by Crippen LogP contribution is -2.35. The second-order valence-corrected chi connectivity index (χ2v) is 6.29. The van der Waals surface area contributed by atoms with E-state index in [4.69, 9.17) is 5.11 Å². The monoisotopic (exact) mass is 293 g/mol. The van der Waals surface area contributed by atoms with Crippen LogP contribution in [0.4, 0.5) is 0 Å². The standard InChI is InChI=1S/C16H23NO2S/c18-12-14-6-8-15(9-7-14)20-13-16(19)17-10-4-2-1-3-5-11-17/h6-9,18H,1-5,10-13H2. The largest absolute Gasteiger partial charge is 0.392 e. The number of hydrogen-bond acceptors (Lipinski definition) is 3. The van der Waals surface area contributed by atoms with Gasteiger partial charge in [-0.05, 0) is 30.5 Å². The lowest BCUT2D eigenvalue weighted by molar-refractivity contribution is -0.128. The highest BCUT2D eigenvalue weighted by atomic mass is 32.2. The number of aliphatic hydroxyl groups is 1. The van der Waals surface area contributed by atoms with Gasteiger partial charge in [-0.1, -0.05) is 31.4 Å². The van der Waals surface area contributed by atoms with Gasteiger partial charge >= 0.3 is 0 Å². The van der Waals surface area contributed by atoms with Crippen molar-refractivity contribution >= 4 is 17.7 Å². The van der Waals surface area contributed by atoms with E-state index in [2.05, 4.69) is 0 Å². The van der Waals surface area contributed by atoms with Gasteiger partial charge in [0, 0.05) is 18.0 Å². The molecule has 2 rings (SSSR count). The molecule has 0 spiro atoms. The van der Waals surface area contributed by atoms with Gasteiger partial charge < -0.3 is 10.0 Å². The Morgan fingerprint density at radius 2 is 1.65 bits per heavy atom. The molecular formula is C16H23NO2S. The van der Waals surface area contributed by atoms with E-state index < -0.39 is 0 Å². The summed E-state index contributed by atoms with van der Waals surface area (Å²) in [5.74, 6) is 0.765. The fraction of sp³-hybridized carbons (Fsp3) is 0.562. The molecule has 0 bridgehead atoms. The summed E-state index contributed by atoms with van der Waals surface area (Å²) in [5, 5.41) is 9.00. The number of amides is 1. The Labute approximate surface area is 125 Å². The summed E-state index contributed by atoms with van der Waals surface area (Å²) in [6.45, 7) is 1.91. The van der Waals surface area contributed by atoms with E-state index in [0.29, 0.717) is 5.75 Å². The number of thioether (sulfide) groups is 1. The van der Waals surface area contributed by atoms with Gasteiger partial charge in [0.05, 0.1) is 12.4 Å². The maximum absolute atomic E-state index is 12.2. The number of rotatable bonds is 4. The molecule has 1 amide bonds. The third-order valence-electron chi connectivity index (χ3n) is 3.68. The molecule has 1 heterocycles. The minimum absolute atomic E-state index is 0.0671. The van der Waals surface area contributed by atoms with E-state index in [1.54, 1.807) is 11.8 Å². The van der Waals surface area contributed by atoms with E-state index in [0.717, 1.165) is 36.4 Å². The average molecular weight is 293 g/mol. The first-order chi connectivity index (χ1) is 9.79. The Balaban J connectivity index is 1.80. The van der Waals surface area contributed by atoms with Crippen LogP contribution in [-0.4, -0.2) is 34.8 Å². The van der Waals surface area contributed by atoms with Crippen LogP contribution in [0.25, 0.3) is 0 Å². The third-order valence-corrected chi connectivity index (χ3v) is 4.67. The third kappa shape index (κ3) is 4.84. The van der Waals surface area contributed by atoms with Gasteiger partial charge in [-0.3, -0.25) is 4.79 Å². The Bertz CT molecular complexity index is 411. The summed E-state index contributed by atoms with van der Waals surface area (Å²) in [6, 6.07) is 7.75. The summed E-state index contributed by atoms with van der Waals surface area (Å²) >= 11 is 1.58. The highest BCUT2D eigenvalue weighted by molar-refractivity contribution is 8.00. The number of likely N-dealkylation sites (tertiary alicyclic amines) is 1. The van der Waals surface area contributed by atoms with Crippen LogP contribution in [0.5, 0.6) is 0 Å². The molecule has 1 fully saturated rings. The normalized spacial score (nSPS) is 16.6. The molecule has 1 saturated heterocycles. The zero-order chi connectivity index (χ0) is 14.2. The number of benzene rings is 1. The van der Waals surface area contributed by atoms with Crippen molar-refractivity contribution in [3.05, 3.63) is 29.8 Å². The van der Waals surface area contributed by atoms with Crippen LogP contribution < -0.4 is 0 Å². The van der Waals surface area contributed by atoms with Crippen LogP contribution in [-0.2, 0) is 11.4 Å². The summed E-state index contributed by atoms with van der Waals surface area (Å²) in [5.41, 5.74) is 0.907. The van der Waals surface area contributed by atoms with E-state index in [1.165, 1.54) is 19.3 Å². The molecule has 0 aromatic heterocycles. The van der Waals surface area contributed by atoms with Gasteiger partial charge in [-0.2, -0.15) is 0 Å². The van der Waals surface area contributed by atoms with E-state index >= 15 is 0 Å². The van der Waals surface area contributed by atoms with Gasteiger partial charge in [-0.15, -0.1) is 11.8 Å². The molecule has 1 aliphatic heterocycles. The molecule has 1 N–H and O–H groups in total. The number of carbonyl (C=O) groups is 1. The maximum Gasteiger partial charge on any atom is 0.232 e. The predicted octanol–water partition coefficient (Wildman–Crippen LogP) is 3.06. The fourth-order valence-electron chi connectivity index (χ4n) is 2.42. The van der Waals surface area contributed by atoms with Crippen LogP contribution in [0.2, 0.25) is 0 Å². The lowest BCUT2D eigenvalue weighted by atomic mass is 10.1. The summed E-state index contributed by atoms with van der Waals surface area (Å²) in [7, 11) is 0. The first-order valence-corrected chi connectivity index (χ1v) is 8.38. The predicted molar refractivity (Wildman–Crippen MR) is 82.8 cm³/mol. The van der Waals surface area contributed by atoms with Gasteiger partial charge in [0.2, 0.25) is 5.91 Å². The van der Waals surface area contributed by atoms with Crippen molar-refractivity contribution in [3.63, 3.8) is 0 Å². The highest BCUT2D eigenvalue weighted by Gasteiger charge is 2.14. The number of carbonyl (C=O) groups excluding carboxylic acids is 1. The highest BCUT2D eigenvalue weighted by Crippen LogP contribution is 2.20. The van der Waals surface area contributed by atoms with Crippen LogP contribution in [0.1, 0.15) is 37.7 Å². The first-order valence-electron chi connectivity index (χ1n) is 7.40. The average Bonchev–Trinajstić information content (AvgIpc) is 2.45. The van der Waals surface area contributed by atoms with Gasteiger partial charge in [0.15, 0.2) is 0 Å². The van der Waals surface area contributed by atoms with Crippen LogP contribution in [0, 0.1) is 0 Å². The Morgan fingerprint density at radius 1 is 1.05 bits per heavy atom. The summed E-state index contributed by atoms with van der Waals surface area (Å²) in [4.78, 5) is 15.3. The summed E-state index contributed by atoms with van der Waals surface area (Å²) in [6.07, 6.45) is 6.09. The molecule has 1 aromatic rings. The van der Waals surface area contributed by atoms with Crippen molar-refractivity contribution in [2.24, 2.45) is 0 Å². The molecule has 0 radical (unpaired) electrons. The molecule has 0 atom stereocenters. The second-order valence-electron chi connectivity index (χ2n) is 5.24. The summed E-state index contributed by atoms with van der Waals surface area (Å²) < 4.78 is 0. The quantitative estimate of drug-likeness (QED) is 0.867. The first kappa shape index (κ1) is 15.4. The van der Waals surface area contributed by atoms with Crippen LogP contribution >= 0.6 is 11.8 Å². The maximum atomic E-state index is 12.2. The number of nitrogens with zero attached hydrogens (tertiary/aromatic N) is 1. The van der Waals surface area contributed by atoms with Crippen molar-refractivity contribution < 1.29 is 9.90 Å². The molecule has 0 unspecified atom stereocenters. The zero-order valence-corrected chi connectivity index (χ0v) is 12.7. The van der Waals surface area contributed by atoms with Crippen LogP contribution in [0.15, 0.2) is 29.2 Å². The van der Waals surface area contributed by atoms with Crippen molar-refractivity contribution in [1.82, 2.24) is 4.90 Å². The fourth-order valence-corrected chi connectivity index (χ4v) is 3.23. The zero-order valence-electron chi connectivity index (χ0n) is 11.9. The van der Waals surface area contributed by atoms with E-state index in [-0.39, 0.29) is 12.5 Å². The van der Waals surface area contributed by atoms with Crippen molar-refractivity contribution in [3.8, 4) is 0 Å². The van der Waals surface area contributed by atoms with Gasteiger partial charge in [-0.25, -0.2) is 0 Å². The molecule has 0 saturated carbocycles.